The molecule has 1 aromatic carbocycles. The molecule has 6 heteroatoms. The average Bonchev–Trinajstić information content (AvgIpc) is 3.19. The predicted molar refractivity (Wildman–Crippen MR) is 80.3 cm³/mol. The van der Waals surface area contributed by atoms with Gasteiger partial charge in [0, 0.05) is 16.6 Å². The molecule has 20 heavy (non-hydrogen) atoms. The van der Waals surface area contributed by atoms with E-state index in [9.17, 15) is 9.59 Å². The zero-order chi connectivity index (χ0) is 14.5. The molecular weight excluding hydrogens is 322 g/mol. The minimum Gasteiger partial charge on any atom is -0.335 e. The summed E-state index contributed by atoms with van der Waals surface area (Å²) in [6.07, 6.45) is 2.00. The van der Waals surface area contributed by atoms with Crippen molar-refractivity contribution in [2.75, 3.05) is 6.54 Å². The number of urea groups is 1. The molecule has 0 spiro atoms. The standard InChI is InChI=1S/C14H18BrN3O2/c1-9(10-3-2-4-11(15)7-10)16-8-13(19)18-14(20)17-12-5-6-12/h2-4,7,9,12,16H,5-6,8H2,1H3,(H2,17,18,19,20). The number of imide groups is 1. The predicted octanol–water partition coefficient (Wildman–Crippen LogP) is 2.09. The topological polar surface area (TPSA) is 70.2 Å². The first-order valence-electron chi connectivity index (χ1n) is 6.64. The van der Waals surface area contributed by atoms with E-state index in [0.29, 0.717) is 0 Å². The molecule has 1 aliphatic rings. The molecule has 0 aliphatic heterocycles. The number of benzene rings is 1. The van der Waals surface area contributed by atoms with Crippen LogP contribution in [0.1, 0.15) is 31.4 Å². The Hall–Kier alpha value is -1.40. The van der Waals surface area contributed by atoms with Gasteiger partial charge in [-0.25, -0.2) is 4.79 Å². The minimum absolute atomic E-state index is 0.0322. The maximum absolute atomic E-state index is 11.6. The zero-order valence-electron chi connectivity index (χ0n) is 11.3. The van der Waals surface area contributed by atoms with Gasteiger partial charge in [0.15, 0.2) is 0 Å². The molecular formula is C14H18BrN3O2. The normalized spacial score (nSPS) is 15.5. The lowest BCUT2D eigenvalue weighted by molar-refractivity contribution is -0.119. The first-order chi connectivity index (χ1) is 9.54. The summed E-state index contributed by atoms with van der Waals surface area (Å²) in [7, 11) is 0. The van der Waals surface area contributed by atoms with E-state index in [4.69, 9.17) is 0 Å². The van der Waals surface area contributed by atoms with Gasteiger partial charge in [-0.3, -0.25) is 10.1 Å². The molecule has 5 nitrogen and oxygen atoms in total. The van der Waals surface area contributed by atoms with Crippen molar-refractivity contribution in [3.63, 3.8) is 0 Å². The van der Waals surface area contributed by atoms with Crippen LogP contribution in [0.3, 0.4) is 0 Å². The van der Waals surface area contributed by atoms with Crippen molar-refractivity contribution in [1.29, 1.82) is 0 Å². The van der Waals surface area contributed by atoms with Crippen molar-refractivity contribution in [2.24, 2.45) is 0 Å². The van der Waals surface area contributed by atoms with Crippen LogP contribution in [-0.2, 0) is 4.79 Å². The van der Waals surface area contributed by atoms with Gasteiger partial charge in [-0.15, -0.1) is 0 Å². The van der Waals surface area contributed by atoms with Gasteiger partial charge in [0.2, 0.25) is 5.91 Å². The van der Waals surface area contributed by atoms with Crippen LogP contribution in [0.5, 0.6) is 0 Å². The van der Waals surface area contributed by atoms with Gasteiger partial charge in [0.1, 0.15) is 0 Å². The third-order valence-corrected chi connectivity index (χ3v) is 3.58. The number of nitrogens with one attached hydrogen (secondary N) is 3. The van der Waals surface area contributed by atoms with Crippen LogP contribution in [0.15, 0.2) is 28.7 Å². The first kappa shape index (κ1) is 15.0. The third kappa shape index (κ3) is 4.94. The fourth-order valence-corrected chi connectivity index (χ4v) is 2.18. The molecule has 0 aromatic heterocycles. The highest BCUT2D eigenvalue weighted by Crippen LogP contribution is 2.18. The van der Waals surface area contributed by atoms with Gasteiger partial charge in [0.05, 0.1) is 6.54 Å². The van der Waals surface area contributed by atoms with Gasteiger partial charge in [-0.2, -0.15) is 0 Å². The minimum atomic E-state index is -0.408. The van der Waals surface area contributed by atoms with Gasteiger partial charge < -0.3 is 10.6 Å². The average molecular weight is 340 g/mol. The van der Waals surface area contributed by atoms with Crippen LogP contribution in [0.25, 0.3) is 0 Å². The summed E-state index contributed by atoms with van der Waals surface area (Å²) >= 11 is 3.41. The number of hydrogen-bond acceptors (Lipinski definition) is 3. The van der Waals surface area contributed by atoms with Gasteiger partial charge >= 0.3 is 6.03 Å². The number of amides is 3. The van der Waals surface area contributed by atoms with E-state index in [1.807, 2.05) is 31.2 Å². The fourth-order valence-electron chi connectivity index (χ4n) is 1.76. The van der Waals surface area contributed by atoms with Crippen molar-refractivity contribution in [3.05, 3.63) is 34.3 Å². The Balaban J connectivity index is 1.73. The molecule has 1 saturated carbocycles. The Bertz CT molecular complexity index is 503. The number of carbonyl (C=O) groups excluding carboxylic acids is 2. The lowest BCUT2D eigenvalue weighted by atomic mass is 10.1. The summed E-state index contributed by atoms with van der Waals surface area (Å²) in [5.41, 5.74) is 1.08. The first-order valence-corrected chi connectivity index (χ1v) is 7.43. The van der Waals surface area contributed by atoms with Crippen LogP contribution < -0.4 is 16.0 Å². The van der Waals surface area contributed by atoms with E-state index in [0.717, 1.165) is 22.9 Å². The molecule has 1 aliphatic carbocycles. The monoisotopic (exact) mass is 339 g/mol. The summed E-state index contributed by atoms with van der Waals surface area (Å²) in [6, 6.07) is 7.75. The molecule has 0 saturated heterocycles. The molecule has 1 unspecified atom stereocenters. The Morgan fingerprint density at radius 1 is 1.40 bits per heavy atom. The highest BCUT2D eigenvalue weighted by Gasteiger charge is 2.23. The number of halogens is 1. The van der Waals surface area contributed by atoms with E-state index in [-0.39, 0.29) is 24.5 Å². The molecule has 0 radical (unpaired) electrons. The highest BCUT2D eigenvalue weighted by atomic mass is 79.9. The Labute approximate surface area is 126 Å². The summed E-state index contributed by atoms with van der Waals surface area (Å²) < 4.78 is 0.997. The summed E-state index contributed by atoms with van der Waals surface area (Å²) in [5, 5.41) is 8.10. The van der Waals surface area contributed by atoms with Gasteiger partial charge in [-0.1, -0.05) is 28.1 Å². The Morgan fingerprint density at radius 2 is 2.15 bits per heavy atom. The van der Waals surface area contributed by atoms with E-state index in [1.54, 1.807) is 0 Å². The quantitative estimate of drug-likeness (QED) is 0.769. The third-order valence-electron chi connectivity index (χ3n) is 3.08. The van der Waals surface area contributed by atoms with E-state index < -0.39 is 6.03 Å². The second-order valence-corrected chi connectivity index (χ2v) is 5.87. The van der Waals surface area contributed by atoms with Crippen LogP contribution in [0.4, 0.5) is 4.79 Å². The Morgan fingerprint density at radius 3 is 2.80 bits per heavy atom. The molecule has 1 atom stereocenters. The number of hydrogen-bond donors (Lipinski definition) is 3. The van der Waals surface area contributed by atoms with Crippen molar-refractivity contribution in [2.45, 2.75) is 31.8 Å². The van der Waals surface area contributed by atoms with E-state index in [2.05, 4.69) is 31.9 Å². The molecule has 3 N–H and O–H groups in total. The smallest absolute Gasteiger partial charge is 0.321 e. The van der Waals surface area contributed by atoms with Crippen molar-refractivity contribution in [3.8, 4) is 0 Å². The number of carbonyl (C=O) groups is 2. The lowest BCUT2D eigenvalue weighted by Gasteiger charge is -2.14. The highest BCUT2D eigenvalue weighted by molar-refractivity contribution is 9.10. The van der Waals surface area contributed by atoms with Gasteiger partial charge in [0.25, 0.3) is 0 Å². The second kappa shape index (κ2) is 6.85. The molecule has 108 valence electrons. The molecule has 0 heterocycles. The summed E-state index contributed by atoms with van der Waals surface area (Å²) in [4.78, 5) is 23.0. The van der Waals surface area contributed by atoms with Crippen LogP contribution in [0, 0.1) is 0 Å². The summed E-state index contributed by atoms with van der Waals surface area (Å²) in [5.74, 6) is -0.329. The fraction of sp³-hybridized carbons (Fsp3) is 0.429. The molecule has 1 fully saturated rings. The van der Waals surface area contributed by atoms with Crippen LogP contribution in [-0.4, -0.2) is 24.5 Å². The van der Waals surface area contributed by atoms with Crippen molar-refractivity contribution < 1.29 is 9.59 Å². The molecule has 2 rings (SSSR count). The largest absolute Gasteiger partial charge is 0.335 e. The molecule has 0 bridgehead atoms. The zero-order valence-corrected chi connectivity index (χ0v) is 12.9. The maximum atomic E-state index is 11.6. The van der Waals surface area contributed by atoms with Crippen LogP contribution >= 0.6 is 15.9 Å². The van der Waals surface area contributed by atoms with Crippen LogP contribution in [0.2, 0.25) is 0 Å². The summed E-state index contributed by atoms with van der Waals surface area (Å²) in [6.45, 7) is 2.07. The molecule has 3 amide bonds. The van der Waals surface area contributed by atoms with E-state index in [1.165, 1.54) is 0 Å². The lowest BCUT2D eigenvalue weighted by Crippen LogP contribution is -2.44. The second-order valence-electron chi connectivity index (χ2n) is 4.95. The molecule has 1 aromatic rings. The van der Waals surface area contributed by atoms with Gasteiger partial charge in [-0.05, 0) is 37.5 Å². The van der Waals surface area contributed by atoms with E-state index >= 15 is 0 Å². The van der Waals surface area contributed by atoms with Crippen molar-refractivity contribution in [1.82, 2.24) is 16.0 Å². The number of rotatable bonds is 5. The maximum Gasteiger partial charge on any atom is 0.321 e. The Kier molecular flexibility index (Phi) is 5.14. The van der Waals surface area contributed by atoms with Crippen molar-refractivity contribution >= 4 is 27.9 Å². The SMILES string of the molecule is CC(NCC(=O)NC(=O)NC1CC1)c1cccc(Br)c1.